The first kappa shape index (κ1) is 52.7. The molecule has 1 aliphatic heterocycles. The van der Waals surface area contributed by atoms with Gasteiger partial charge in [0.25, 0.3) is 0 Å². The van der Waals surface area contributed by atoms with Gasteiger partial charge in [-0.3, -0.25) is 4.90 Å². The highest BCUT2D eigenvalue weighted by Crippen LogP contribution is 2.62. The Labute approximate surface area is 417 Å². The van der Waals surface area contributed by atoms with Crippen LogP contribution in [0.25, 0.3) is 0 Å². The molecule has 15 nitrogen and oxygen atoms in total. The standard InChI is InChI=1S/C56H69N3O12/c1-2-30-68-56-51(59(26-31-65-32-29-62)55(64)67-34-33-66-39-42-18-8-4-9-19-42)37-49(58-69-40-43-20-10-5-11-21-43)47-35-44(22-12-14-27-60)46(23-13-15-28-61)52(53(47)56)48-36-45(24-25-50(48)71-56)70-54(63)57-38-41-16-6-3-7-17-41/h2-11,16-21,24-25,35-36,44,46,51-53,60-62H,1,12-15,22-23,26-34,37-40H2,(H,57,63). The van der Waals surface area contributed by atoms with Crippen LogP contribution in [0.15, 0.2) is 139 Å². The van der Waals surface area contributed by atoms with E-state index in [9.17, 15) is 24.9 Å². The fourth-order valence-corrected chi connectivity index (χ4v) is 10.1. The largest absolute Gasteiger partial charge is 0.459 e. The molecule has 3 aliphatic rings. The van der Waals surface area contributed by atoms with Gasteiger partial charge in [0, 0.05) is 44.2 Å². The maximum Gasteiger partial charge on any atom is 0.412 e. The van der Waals surface area contributed by atoms with Gasteiger partial charge in [0.15, 0.2) is 0 Å². The van der Waals surface area contributed by atoms with Crippen molar-refractivity contribution in [1.82, 2.24) is 10.2 Å². The number of amides is 2. The summed E-state index contributed by atoms with van der Waals surface area (Å²) in [7, 11) is 0. The van der Waals surface area contributed by atoms with E-state index in [4.69, 9.17) is 38.4 Å². The van der Waals surface area contributed by atoms with E-state index in [1.807, 2.05) is 97.1 Å². The van der Waals surface area contributed by atoms with Crippen LogP contribution in [0.5, 0.6) is 11.5 Å². The van der Waals surface area contributed by atoms with Crippen LogP contribution in [0.4, 0.5) is 9.59 Å². The average molecular weight is 976 g/mol. The van der Waals surface area contributed by atoms with Crippen molar-refractivity contribution in [1.29, 1.82) is 0 Å². The monoisotopic (exact) mass is 975 g/mol. The van der Waals surface area contributed by atoms with Gasteiger partial charge in [0.2, 0.25) is 5.79 Å². The van der Waals surface area contributed by atoms with Crippen molar-refractivity contribution in [2.24, 2.45) is 22.9 Å². The number of carbonyl (C=O) groups excluding carboxylic acids is 2. The van der Waals surface area contributed by atoms with Crippen LogP contribution >= 0.6 is 0 Å². The summed E-state index contributed by atoms with van der Waals surface area (Å²) in [5, 5.41) is 37.5. The molecule has 0 aromatic heterocycles. The molecule has 4 aromatic carbocycles. The van der Waals surface area contributed by atoms with Crippen LogP contribution in [-0.2, 0) is 43.5 Å². The van der Waals surface area contributed by atoms with Crippen molar-refractivity contribution in [3.05, 3.63) is 156 Å². The normalized spacial score (nSPS) is 21.5. The molecular formula is C56H69N3O12. The van der Waals surface area contributed by atoms with Crippen molar-refractivity contribution < 1.29 is 58.2 Å². The molecule has 1 heterocycles. The highest BCUT2D eigenvalue weighted by molar-refractivity contribution is 6.03. The van der Waals surface area contributed by atoms with Crippen LogP contribution in [0, 0.1) is 17.8 Å². The summed E-state index contributed by atoms with van der Waals surface area (Å²) in [6.07, 6.45) is 6.90. The second-order valence-electron chi connectivity index (χ2n) is 17.9. The molecule has 0 bridgehead atoms. The molecule has 6 atom stereocenters. The van der Waals surface area contributed by atoms with Gasteiger partial charge < -0.3 is 53.9 Å². The molecule has 6 unspecified atom stereocenters. The zero-order valence-corrected chi connectivity index (χ0v) is 40.5. The third-order valence-electron chi connectivity index (χ3n) is 13.3. The Morgan fingerprint density at radius 1 is 0.789 bits per heavy atom. The molecule has 1 saturated carbocycles. The highest BCUT2D eigenvalue weighted by Gasteiger charge is 2.65. The van der Waals surface area contributed by atoms with Crippen LogP contribution < -0.4 is 14.8 Å². The Morgan fingerprint density at radius 2 is 1.48 bits per heavy atom. The lowest BCUT2D eigenvalue weighted by molar-refractivity contribution is -0.256. The molecule has 71 heavy (non-hydrogen) atoms. The fraction of sp³-hybridized carbons (Fsp3) is 0.446. The minimum Gasteiger partial charge on any atom is -0.459 e. The van der Waals surface area contributed by atoms with Gasteiger partial charge >= 0.3 is 12.2 Å². The lowest BCUT2D eigenvalue weighted by atomic mass is 9.55. The van der Waals surface area contributed by atoms with E-state index in [0.717, 1.165) is 47.1 Å². The Balaban J connectivity index is 1.33. The minimum atomic E-state index is -1.59. The summed E-state index contributed by atoms with van der Waals surface area (Å²) in [4.78, 5) is 36.0. The van der Waals surface area contributed by atoms with Crippen LogP contribution in [0.3, 0.4) is 0 Å². The second kappa shape index (κ2) is 27.5. The number of ether oxygens (including phenoxy) is 6. The van der Waals surface area contributed by atoms with Crippen molar-refractivity contribution in [3.63, 3.8) is 0 Å². The summed E-state index contributed by atoms with van der Waals surface area (Å²) in [6.45, 7) is 5.02. The topological polar surface area (TPSA) is 187 Å². The number of fused-ring (bicyclic) bond motifs is 2. The number of hydrogen-bond acceptors (Lipinski definition) is 13. The zero-order valence-electron chi connectivity index (χ0n) is 40.5. The van der Waals surface area contributed by atoms with Gasteiger partial charge in [-0.25, -0.2) is 9.59 Å². The summed E-state index contributed by atoms with van der Waals surface area (Å²) >= 11 is 0. The van der Waals surface area contributed by atoms with Crippen LogP contribution in [-0.4, -0.2) is 109 Å². The quantitative estimate of drug-likeness (QED) is 0.0242. The van der Waals surface area contributed by atoms with Gasteiger partial charge in [0.1, 0.15) is 30.8 Å². The van der Waals surface area contributed by atoms with Gasteiger partial charge in [-0.05, 0) is 78.0 Å². The maximum absolute atomic E-state index is 14.8. The van der Waals surface area contributed by atoms with E-state index in [1.165, 1.54) is 0 Å². The molecule has 380 valence electrons. The number of rotatable bonds is 28. The van der Waals surface area contributed by atoms with E-state index < -0.39 is 29.9 Å². The lowest BCUT2D eigenvalue weighted by Gasteiger charge is -2.59. The summed E-state index contributed by atoms with van der Waals surface area (Å²) in [5.41, 5.74) is 5.05. The molecule has 4 N–H and O–H groups in total. The number of unbranched alkanes of at least 4 members (excludes halogenated alkanes) is 2. The van der Waals surface area contributed by atoms with Gasteiger partial charge in [0.05, 0.1) is 51.3 Å². The van der Waals surface area contributed by atoms with Crippen LogP contribution in [0.1, 0.15) is 73.1 Å². The SMILES string of the molecule is C=CCOC12Oc3ccc(OC(=O)NCc4ccccc4)cc3C3C(CCCCO)C(CCCCO)C=C(C(=NOCc4ccccc4)CC1N(CCOCCO)C(=O)OCCOCc1ccccc1)C32. The van der Waals surface area contributed by atoms with E-state index in [-0.39, 0.29) is 96.7 Å². The Kier molecular flexibility index (Phi) is 20.4. The van der Waals surface area contributed by atoms with E-state index in [2.05, 4.69) is 18.0 Å². The smallest absolute Gasteiger partial charge is 0.412 e. The molecule has 7 rings (SSSR count). The lowest BCUT2D eigenvalue weighted by Crippen LogP contribution is -2.70. The predicted octanol–water partition coefficient (Wildman–Crippen LogP) is 8.47. The predicted molar refractivity (Wildman–Crippen MR) is 268 cm³/mol. The number of allylic oxidation sites excluding steroid dienone is 1. The first-order valence-corrected chi connectivity index (χ1v) is 24.9. The Hall–Kier alpha value is -6.07. The van der Waals surface area contributed by atoms with Gasteiger partial charge in [-0.2, -0.15) is 0 Å². The Bertz CT molecular complexity index is 2330. The van der Waals surface area contributed by atoms with E-state index in [1.54, 1.807) is 23.1 Å². The number of aliphatic hydroxyl groups excluding tert-OH is 3. The number of hydrogen-bond donors (Lipinski definition) is 4. The molecule has 0 saturated heterocycles. The number of oxime groups is 1. The molecule has 2 aliphatic carbocycles. The van der Waals surface area contributed by atoms with Gasteiger partial charge in [-0.1, -0.05) is 121 Å². The molecule has 0 spiro atoms. The third-order valence-corrected chi connectivity index (χ3v) is 13.3. The highest BCUT2D eigenvalue weighted by atomic mass is 16.7. The van der Waals surface area contributed by atoms with Crippen molar-refractivity contribution in [3.8, 4) is 11.5 Å². The molecule has 4 aromatic rings. The number of nitrogens with one attached hydrogen (secondary N) is 1. The maximum atomic E-state index is 14.8. The average Bonchev–Trinajstić information content (AvgIpc) is 3.39. The van der Waals surface area contributed by atoms with E-state index in [0.29, 0.717) is 43.1 Å². The molecule has 0 radical (unpaired) electrons. The third kappa shape index (κ3) is 14.1. The number of benzene rings is 4. The number of nitrogens with zero attached hydrogens (tertiary/aromatic N) is 2. The molecular weight excluding hydrogens is 907 g/mol. The zero-order chi connectivity index (χ0) is 49.7. The first-order chi connectivity index (χ1) is 34.9. The van der Waals surface area contributed by atoms with Crippen molar-refractivity contribution in [2.45, 2.75) is 82.5 Å². The minimum absolute atomic E-state index is 0.0296. The van der Waals surface area contributed by atoms with Crippen LogP contribution in [0.2, 0.25) is 0 Å². The summed E-state index contributed by atoms with van der Waals surface area (Å²) in [6, 6.07) is 33.5. The Morgan fingerprint density at radius 3 is 2.17 bits per heavy atom. The van der Waals surface area contributed by atoms with E-state index >= 15 is 0 Å². The second-order valence-corrected chi connectivity index (χ2v) is 17.9. The molecule has 2 amide bonds. The van der Waals surface area contributed by atoms with Crippen molar-refractivity contribution >= 4 is 17.9 Å². The molecule has 15 heteroatoms. The summed E-state index contributed by atoms with van der Waals surface area (Å²) in [5.74, 6) is -1.91. The summed E-state index contributed by atoms with van der Waals surface area (Å²) < 4.78 is 38.1. The first-order valence-electron chi connectivity index (χ1n) is 24.9. The molecule has 1 fully saturated rings. The number of aliphatic hydroxyl groups is 3. The number of carbonyl (C=O) groups is 2. The van der Waals surface area contributed by atoms with Gasteiger partial charge in [-0.15, -0.1) is 6.58 Å². The van der Waals surface area contributed by atoms with Crippen molar-refractivity contribution in [2.75, 3.05) is 59.4 Å². The fourth-order valence-electron chi connectivity index (χ4n) is 10.1.